The molecule has 0 unspecified atom stereocenters. The van der Waals surface area contributed by atoms with E-state index in [0.717, 1.165) is 18.4 Å². The zero-order valence-corrected chi connectivity index (χ0v) is 10.8. The molecule has 1 fully saturated rings. The fourth-order valence-electron chi connectivity index (χ4n) is 2.27. The first-order chi connectivity index (χ1) is 6.95. The molecule has 90 valence electrons. The molecule has 0 heterocycles. The fraction of sp³-hybridized carbons (Fsp3) is 1.00. The summed E-state index contributed by atoms with van der Waals surface area (Å²) in [4.78, 5) is 2.31. The molecule has 1 saturated carbocycles. The largest absolute Gasteiger partial charge is 0.394 e. The first-order valence-corrected chi connectivity index (χ1v) is 6.28. The molecule has 0 aliphatic heterocycles. The molecule has 15 heavy (non-hydrogen) atoms. The molecule has 2 nitrogen and oxygen atoms in total. The van der Waals surface area contributed by atoms with Gasteiger partial charge in [-0.25, -0.2) is 0 Å². The van der Waals surface area contributed by atoms with E-state index in [0.29, 0.717) is 0 Å². The van der Waals surface area contributed by atoms with Gasteiger partial charge in [0.15, 0.2) is 0 Å². The monoisotopic (exact) mass is 213 g/mol. The lowest BCUT2D eigenvalue weighted by atomic mass is 9.82. The zero-order valence-electron chi connectivity index (χ0n) is 10.8. The smallest absolute Gasteiger partial charge is 0.0609 e. The van der Waals surface area contributed by atoms with Gasteiger partial charge in [-0.1, -0.05) is 19.8 Å². The average Bonchev–Trinajstić information content (AvgIpc) is 2.21. The van der Waals surface area contributed by atoms with Crippen molar-refractivity contribution in [3.05, 3.63) is 0 Å². The van der Waals surface area contributed by atoms with E-state index in [2.05, 4.69) is 32.7 Å². The van der Waals surface area contributed by atoms with Gasteiger partial charge in [0.25, 0.3) is 0 Å². The van der Waals surface area contributed by atoms with Crippen LogP contribution in [0, 0.1) is 11.8 Å². The number of aliphatic hydroxyl groups excluding tert-OH is 1. The van der Waals surface area contributed by atoms with Gasteiger partial charge in [0.05, 0.1) is 6.61 Å². The van der Waals surface area contributed by atoms with Gasteiger partial charge in [0, 0.05) is 12.1 Å². The van der Waals surface area contributed by atoms with Crippen molar-refractivity contribution >= 4 is 0 Å². The van der Waals surface area contributed by atoms with Crippen LogP contribution < -0.4 is 0 Å². The Kier molecular flexibility index (Phi) is 4.60. The van der Waals surface area contributed by atoms with Crippen LogP contribution in [0.25, 0.3) is 0 Å². The summed E-state index contributed by atoms with van der Waals surface area (Å²) in [6.07, 6.45) is 5.51. The summed E-state index contributed by atoms with van der Waals surface area (Å²) in [6.45, 7) is 7.96. The molecule has 0 aromatic carbocycles. The molecule has 1 N–H and O–H groups in total. The summed E-state index contributed by atoms with van der Waals surface area (Å²) in [7, 11) is 2.13. The highest BCUT2D eigenvalue weighted by Crippen LogP contribution is 2.29. The summed E-state index contributed by atoms with van der Waals surface area (Å²) in [5.41, 5.74) is -0.0664. The quantitative estimate of drug-likeness (QED) is 0.775. The van der Waals surface area contributed by atoms with Gasteiger partial charge in [-0.05, 0) is 45.6 Å². The first-order valence-electron chi connectivity index (χ1n) is 6.28. The van der Waals surface area contributed by atoms with Gasteiger partial charge in [0.2, 0.25) is 0 Å². The molecule has 1 aliphatic carbocycles. The van der Waals surface area contributed by atoms with Crippen LogP contribution in [0.1, 0.15) is 46.5 Å². The second-order valence-corrected chi connectivity index (χ2v) is 5.98. The maximum Gasteiger partial charge on any atom is 0.0609 e. The Balaban J connectivity index is 2.35. The normalized spacial score (nSPS) is 28.4. The van der Waals surface area contributed by atoms with Crippen LogP contribution in [-0.4, -0.2) is 35.7 Å². The van der Waals surface area contributed by atoms with Crippen molar-refractivity contribution in [1.82, 2.24) is 4.90 Å². The number of hydrogen-bond acceptors (Lipinski definition) is 2. The van der Waals surface area contributed by atoms with Gasteiger partial charge < -0.3 is 5.11 Å². The van der Waals surface area contributed by atoms with Crippen molar-refractivity contribution < 1.29 is 5.11 Å². The van der Waals surface area contributed by atoms with Crippen molar-refractivity contribution in [1.29, 1.82) is 0 Å². The first kappa shape index (κ1) is 13.0. The predicted octanol–water partition coefficient (Wildman–Crippen LogP) is 2.52. The van der Waals surface area contributed by atoms with E-state index in [1.807, 2.05) is 0 Å². The van der Waals surface area contributed by atoms with Crippen LogP contribution in [0.2, 0.25) is 0 Å². The standard InChI is InChI=1S/C13H27NO/c1-11-5-7-12(8-6-11)9-14(4)13(2,3)10-15/h11-12,15H,5-10H2,1-4H3. The third-order valence-electron chi connectivity index (χ3n) is 4.09. The molecule has 0 aromatic rings. The van der Waals surface area contributed by atoms with E-state index in [4.69, 9.17) is 0 Å². The van der Waals surface area contributed by atoms with Crippen molar-refractivity contribution in [3.8, 4) is 0 Å². The summed E-state index contributed by atoms with van der Waals surface area (Å²) >= 11 is 0. The minimum Gasteiger partial charge on any atom is -0.394 e. The topological polar surface area (TPSA) is 23.5 Å². The van der Waals surface area contributed by atoms with E-state index < -0.39 is 0 Å². The summed E-state index contributed by atoms with van der Waals surface area (Å²) in [5, 5.41) is 9.29. The predicted molar refractivity (Wildman–Crippen MR) is 64.9 cm³/mol. The number of rotatable bonds is 4. The van der Waals surface area contributed by atoms with Crippen LogP contribution in [0.15, 0.2) is 0 Å². The van der Waals surface area contributed by atoms with E-state index in [1.165, 1.54) is 25.7 Å². The van der Waals surface area contributed by atoms with Crippen LogP contribution in [0.4, 0.5) is 0 Å². The molecule has 1 rings (SSSR count). The third kappa shape index (κ3) is 3.76. The second-order valence-electron chi connectivity index (χ2n) is 5.98. The molecule has 1 aliphatic rings. The Hall–Kier alpha value is -0.0800. The van der Waals surface area contributed by atoms with E-state index in [-0.39, 0.29) is 12.1 Å². The third-order valence-corrected chi connectivity index (χ3v) is 4.09. The molecule has 0 bridgehead atoms. The Morgan fingerprint density at radius 3 is 2.20 bits per heavy atom. The van der Waals surface area contributed by atoms with Crippen molar-refractivity contribution in [2.45, 2.75) is 52.0 Å². The highest BCUT2D eigenvalue weighted by molar-refractivity contribution is 4.81. The molecule has 0 radical (unpaired) electrons. The molecule has 0 aromatic heterocycles. The lowest BCUT2D eigenvalue weighted by molar-refractivity contribution is 0.0584. The van der Waals surface area contributed by atoms with E-state index in [1.54, 1.807) is 0 Å². The summed E-state index contributed by atoms with van der Waals surface area (Å²) < 4.78 is 0. The van der Waals surface area contributed by atoms with Gasteiger partial charge in [0.1, 0.15) is 0 Å². The Bertz CT molecular complexity index is 183. The van der Waals surface area contributed by atoms with Crippen molar-refractivity contribution in [3.63, 3.8) is 0 Å². The van der Waals surface area contributed by atoms with E-state index >= 15 is 0 Å². The van der Waals surface area contributed by atoms with Crippen molar-refractivity contribution in [2.75, 3.05) is 20.2 Å². The van der Waals surface area contributed by atoms with Crippen LogP contribution in [-0.2, 0) is 0 Å². The summed E-state index contributed by atoms with van der Waals surface area (Å²) in [5.74, 6) is 1.77. The van der Waals surface area contributed by atoms with Gasteiger partial charge in [-0.3, -0.25) is 4.90 Å². The lowest BCUT2D eigenvalue weighted by Gasteiger charge is -2.38. The minimum atomic E-state index is -0.0664. The molecular formula is C13H27NO. The minimum absolute atomic E-state index is 0.0664. The number of aliphatic hydroxyl groups is 1. The number of likely N-dealkylation sites (N-methyl/N-ethyl adjacent to an activating group) is 1. The van der Waals surface area contributed by atoms with Crippen LogP contribution >= 0.6 is 0 Å². The molecule has 0 atom stereocenters. The molecule has 2 heteroatoms. The maximum atomic E-state index is 9.29. The SMILES string of the molecule is CC1CCC(CN(C)C(C)(C)CO)CC1. The molecule has 0 amide bonds. The molecular weight excluding hydrogens is 186 g/mol. The van der Waals surface area contributed by atoms with Gasteiger partial charge in [-0.15, -0.1) is 0 Å². The highest BCUT2D eigenvalue weighted by Gasteiger charge is 2.26. The Morgan fingerprint density at radius 1 is 1.20 bits per heavy atom. The fourth-order valence-corrected chi connectivity index (χ4v) is 2.27. The zero-order chi connectivity index (χ0) is 11.5. The summed E-state index contributed by atoms with van der Waals surface area (Å²) in [6, 6.07) is 0. The van der Waals surface area contributed by atoms with Gasteiger partial charge in [-0.2, -0.15) is 0 Å². The van der Waals surface area contributed by atoms with Gasteiger partial charge >= 0.3 is 0 Å². The average molecular weight is 213 g/mol. The lowest BCUT2D eigenvalue weighted by Crippen LogP contribution is -2.46. The molecule has 0 spiro atoms. The van der Waals surface area contributed by atoms with E-state index in [9.17, 15) is 5.11 Å². The molecule has 0 saturated heterocycles. The maximum absolute atomic E-state index is 9.29. The van der Waals surface area contributed by atoms with Crippen LogP contribution in [0.5, 0.6) is 0 Å². The van der Waals surface area contributed by atoms with Crippen molar-refractivity contribution in [2.24, 2.45) is 11.8 Å². The van der Waals surface area contributed by atoms with Crippen LogP contribution in [0.3, 0.4) is 0 Å². The number of hydrogen-bond donors (Lipinski definition) is 1. The second kappa shape index (κ2) is 5.31. The Morgan fingerprint density at radius 2 is 1.73 bits per heavy atom. The number of nitrogens with zero attached hydrogens (tertiary/aromatic N) is 1. The Labute approximate surface area is 94.7 Å². The highest BCUT2D eigenvalue weighted by atomic mass is 16.3.